The number of unbranched alkanes of at least 4 members (excludes halogenated alkanes) is 2. The van der Waals surface area contributed by atoms with Gasteiger partial charge in [0.2, 0.25) is 5.95 Å². The van der Waals surface area contributed by atoms with E-state index in [-0.39, 0.29) is 24.4 Å². The predicted molar refractivity (Wildman–Crippen MR) is 103 cm³/mol. The molecular formula is C16H28N5O5P. The lowest BCUT2D eigenvalue weighted by molar-refractivity contribution is 0.122. The number of H-pyrrole nitrogens is 1. The van der Waals surface area contributed by atoms with E-state index in [1.54, 1.807) is 4.57 Å². The lowest BCUT2D eigenvalue weighted by atomic mass is 10.4. The van der Waals surface area contributed by atoms with Crippen LogP contribution in [-0.4, -0.2) is 45.7 Å². The summed E-state index contributed by atoms with van der Waals surface area (Å²) in [6.07, 6.45) is 4.87. The van der Waals surface area contributed by atoms with Crippen LogP contribution in [0.1, 0.15) is 39.5 Å². The highest BCUT2D eigenvalue weighted by Gasteiger charge is 2.24. The van der Waals surface area contributed by atoms with Gasteiger partial charge in [-0.3, -0.25) is 14.3 Å². The van der Waals surface area contributed by atoms with Crippen molar-refractivity contribution in [2.75, 3.05) is 31.9 Å². The molecule has 2 aromatic heterocycles. The van der Waals surface area contributed by atoms with E-state index in [4.69, 9.17) is 19.5 Å². The zero-order valence-corrected chi connectivity index (χ0v) is 16.7. The molecule has 2 heterocycles. The molecule has 3 N–H and O–H groups in total. The van der Waals surface area contributed by atoms with Gasteiger partial charge in [-0.2, -0.15) is 4.98 Å². The fourth-order valence-electron chi connectivity index (χ4n) is 2.28. The van der Waals surface area contributed by atoms with E-state index in [0.717, 1.165) is 25.7 Å². The number of nitrogens with zero attached hydrogens (tertiary/aromatic N) is 3. The van der Waals surface area contributed by atoms with Crippen molar-refractivity contribution in [3.8, 4) is 0 Å². The second-order valence-electron chi connectivity index (χ2n) is 6.08. The fourth-order valence-corrected chi connectivity index (χ4v) is 3.67. The molecule has 2 rings (SSSR count). The zero-order chi connectivity index (χ0) is 19.7. The van der Waals surface area contributed by atoms with Crippen molar-refractivity contribution in [2.45, 2.75) is 46.1 Å². The SMILES string of the molecule is CCCCOP(=O)(COCCn1cnc2c(=O)[nH]c(N)nc21)OCCCC. The standard InChI is InChI=1S/C16H28N5O5P/c1-3-5-8-25-27(23,26-9-6-4-2)12-24-10-7-21-11-18-13-14(21)19-16(17)20-15(13)22/h11H,3-10,12H2,1-2H3,(H3,17,19,20,22). The molecule has 152 valence electrons. The normalized spacial score (nSPS) is 12.1. The van der Waals surface area contributed by atoms with Gasteiger partial charge in [-0.1, -0.05) is 26.7 Å². The summed E-state index contributed by atoms with van der Waals surface area (Å²) in [5, 5.41) is 0. The molecule has 10 nitrogen and oxygen atoms in total. The van der Waals surface area contributed by atoms with Gasteiger partial charge in [0.05, 0.1) is 26.1 Å². The van der Waals surface area contributed by atoms with Crippen LogP contribution in [0.3, 0.4) is 0 Å². The minimum atomic E-state index is -3.29. The molecule has 0 fully saturated rings. The summed E-state index contributed by atoms with van der Waals surface area (Å²) in [5.41, 5.74) is 5.76. The summed E-state index contributed by atoms with van der Waals surface area (Å²) in [6, 6.07) is 0. The molecule has 0 saturated heterocycles. The van der Waals surface area contributed by atoms with Gasteiger partial charge in [0.25, 0.3) is 5.56 Å². The third kappa shape index (κ3) is 6.42. The number of hydrogen-bond donors (Lipinski definition) is 2. The number of nitrogen functional groups attached to an aromatic ring is 1. The Labute approximate surface area is 158 Å². The molecule has 0 amide bonds. The number of fused-ring (bicyclic) bond motifs is 1. The Morgan fingerprint density at radius 1 is 1.19 bits per heavy atom. The van der Waals surface area contributed by atoms with Crippen LogP contribution < -0.4 is 11.3 Å². The molecule has 11 heteroatoms. The van der Waals surface area contributed by atoms with Crippen LogP contribution in [0, 0.1) is 0 Å². The monoisotopic (exact) mass is 401 g/mol. The fraction of sp³-hybridized carbons (Fsp3) is 0.688. The average molecular weight is 401 g/mol. The molecular weight excluding hydrogens is 373 g/mol. The highest BCUT2D eigenvalue weighted by Crippen LogP contribution is 2.48. The molecule has 0 aromatic carbocycles. The molecule has 0 unspecified atom stereocenters. The molecule has 0 bridgehead atoms. The number of anilines is 1. The van der Waals surface area contributed by atoms with E-state index >= 15 is 0 Å². The van der Waals surface area contributed by atoms with Gasteiger partial charge in [-0.25, -0.2) is 4.98 Å². The first-order valence-electron chi connectivity index (χ1n) is 9.15. The number of ether oxygens (including phenoxy) is 1. The lowest BCUT2D eigenvalue weighted by Gasteiger charge is -2.18. The Bertz CT molecular complexity index is 807. The van der Waals surface area contributed by atoms with Crippen molar-refractivity contribution in [1.82, 2.24) is 19.5 Å². The van der Waals surface area contributed by atoms with Crippen molar-refractivity contribution in [1.29, 1.82) is 0 Å². The minimum Gasteiger partial charge on any atom is -0.369 e. The number of hydrogen-bond acceptors (Lipinski definition) is 8. The van der Waals surface area contributed by atoms with Crippen LogP contribution in [0.25, 0.3) is 11.2 Å². The Kier molecular flexibility index (Phi) is 8.43. The lowest BCUT2D eigenvalue weighted by Crippen LogP contribution is -2.13. The van der Waals surface area contributed by atoms with Crippen LogP contribution >= 0.6 is 7.60 Å². The van der Waals surface area contributed by atoms with Crippen molar-refractivity contribution >= 4 is 24.7 Å². The number of nitrogens with one attached hydrogen (secondary N) is 1. The molecule has 0 saturated carbocycles. The van der Waals surface area contributed by atoms with Gasteiger partial charge in [0, 0.05) is 6.54 Å². The summed E-state index contributed by atoms with van der Waals surface area (Å²) in [6.45, 7) is 5.42. The maximum absolute atomic E-state index is 12.8. The first-order valence-corrected chi connectivity index (χ1v) is 10.9. The first-order chi connectivity index (χ1) is 13.0. The van der Waals surface area contributed by atoms with E-state index in [2.05, 4.69) is 15.0 Å². The van der Waals surface area contributed by atoms with E-state index in [9.17, 15) is 9.36 Å². The molecule has 0 atom stereocenters. The summed E-state index contributed by atoms with van der Waals surface area (Å²) in [5.74, 6) is 0.0216. The van der Waals surface area contributed by atoms with Crippen molar-refractivity contribution in [3.63, 3.8) is 0 Å². The Hall–Kier alpha value is -1.74. The molecule has 0 aliphatic heterocycles. The quantitative estimate of drug-likeness (QED) is 0.386. The van der Waals surface area contributed by atoms with Gasteiger partial charge >= 0.3 is 7.60 Å². The summed E-state index contributed by atoms with van der Waals surface area (Å²) in [4.78, 5) is 22.3. The molecule has 0 aliphatic carbocycles. The van der Waals surface area contributed by atoms with Crippen molar-refractivity contribution in [2.24, 2.45) is 0 Å². The Morgan fingerprint density at radius 3 is 2.48 bits per heavy atom. The Balaban J connectivity index is 1.90. The van der Waals surface area contributed by atoms with Crippen molar-refractivity contribution < 1.29 is 18.3 Å². The van der Waals surface area contributed by atoms with Gasteiger partial charge in [-0.05, 0) is 12.8 Å². The van der Waals surface area contributed by atoms with Crippen LogP contribution in [0.2, 0.25) is 0 Å². The number of aromatic nitrogens is 4. The van der Waals surface area contributed by atoms with Crippen molar-refractivity contribution in [3.05, 3.63) is 16.7 Å². The maximum atomic E-state index is 12.8. The van der Waals surface area contributed by atoms with Crippen LogP contribution in [0.15, 0.2) is 11.1 Å². The number of rotatable bonds is 13. The molecule has 2 aromatic rings. The predicted octanol–water partition coefficient (Wildman–Crippen LogP) is 2.50. The molecule has 0 aliphatic rings. The van der Waals surface area contributed by atoms with E-state index in [1.807, 2.05) is 13.8 Å². The number of imidazole rings is 1. The molecule has 0 radical (unpaired) electrons. The molecule has 27 heavy (non-hydrogen) atoms. The highest BCUT2D eigenvalue weighted by molar-refractivity contribution is 7.53. The van der Waals surface area contributed by atoms with Crippen LogP contribution in [0.5, 0.6) is 0 Å². The van der Waals surface area contributed by atoms with Gasteiger partial charge in [0.15, 0.2) is 11.2 Å². The smallest absolute Gasteiger partial charge is 0.356 e. The second kappa shape index (κ2) is 10.6. The van der Waals surface area contributed by atoms with E-state index in [0.29, 0.717) is 25.4 Å². The van der Waals surface area contributed by atoms with Gasteiger partial charge in [0.1, 0.15) is 6.35 Å². The Morgan fingerprint density at radius 2 is 1.85 bits per heavy atom. The highest BCUT2D eigenvalue weighted by atomic mass is 31.2. The maximum Gasteiger partial charge on any atom is 0.356 e. The first kappa shape index (κ1) is 21.6. The zero-order valence-electron chi connectivity index (χ0n) is 15.8. The summed E-state index contributed by atoms with van der Waals surface area (Å²) in [7, 11) is -3.29. The van der Waals surface area contributed by atoms with E-state index in [1.165, 1.54) is 6.33 Å². The van der Waals surface area contributed by atoms with Crippen LogP contribution in [-0.2, 0) is 24.9 Å². The van der Waals surface area contributed by atoms with Gasteiger partial charge in [-0.15, -0.1) is 0 Å². The third-order valence-corrected chi connectivity index (χ3v) is 5.44. The summed E-state index contributed by atoms with van der Waals surface area (Å²) < 4.78 is 30.9. The third-order valence-electron chi connectivity index (χ3n) is 3.79. The second-order valence-corrected chi connectivity index (χ2v) is 8.08. The topological polar surface area (TPSA) is 134 Å². The van der Waals surface area contributed by atoms with E-state index < -0.39 is 13.2 Å². The summed E-state index contributed by atoms with van der Waals surface area (Å²) >= 11 is 0. The molecule has 0 spiro atoms. The van der Waals surface area contributed by atoms with Gasteiger partial charge < -0.3 is 24.1 Å². The number of aromatic amines is 1. The average Bonchev–Trinajstić information content (AvgIpc) is 3.02. The largest absolute Gasteiger partial charge is 0.369 e. The van der Waals surface area contributed by atoms with Crippen LogP contribution in [0.4, 0.5) is 5.95 Å². The number of nitrogens with two attached hydrogens (primary N) is 1. The minimum absolute atomic E-state index is 0.0216.